The van der Waals surface area contributed by atoms with Gasteiger partial charge in [0.05, 0.1) is 5.57 Å². The molecule has 0 saturated carbocycles. The molecule has 1 aliphatic rings. The molecule has 1 aliphatic heterocycles. The molecule has 15 heavy (non-hydrogen) atoms. The van der Waals surface area contributed by atoms with Crippen LogP contribution in [0.3, 0.4) is 0 Å². The maximum Gasteiger partial charge on any atom is 0.337 e. The summed E-state index contributed by atoms with van der Waals surface area (Å²) in [4.78, 5) is 11.1. The summed E-state index contributed by atoms with van der Waals surface area (Å²) in [5.74, 6) is -1.13. The predicted octanol–water partition coefficient (Wildman–Crippen LogP) is 3.18. The van der Waals surface area contributed by atoms with Gasteiger partial charge in [-0.15, -0.1) is 0 Å². The van der Waals surface area contributed by atoms with E-state index in [9.17, 15) is 9.18 Å². The van der Waals surface area contributed by atoms with E-state index in [2.05, 4.69) is 0 Å². The van der Waals surface area contributed by atoms with Crippen molar-refractivity contribution in [3.05, 3.63) is 46.3 Å². The van der Waals surface area contributed by atoms with Crippen molar-refractivity contribution in [3.8, 4) is 0 Å². The number of hydrogen-bond donors (Lipinski definition) is 0. The second kappa shape index (κ2) is 3.66. The molecule has 0 aliphatic carbocycles. The molecule has 2 rings (SSSR count). The molecule has 0 saturated heterocycles. The van der Waals surface area contributed by atoms with Gasteiger partial charge in [0.1, 0.15) is 0 Å². The Morgan fingerprint density at radius 3 is 2.40 bits per heavy atom. The van der Waals surface area contributed by atoms with Crippen LogP contribution in [0.15, 0.2) is 35.7 Å². The lowest BCUT2D eigenvalue weighted by molar-refractivity contribution is -0.140. The number of carbonyl (C=O) groups excluding carboxylic acids is 1. The number of halogens is 2. The highest BCUT2D eigenvalue weighted by Crippen LogP contribution is 2.35. The molecule has 2 nitrogen and oxygen atoms in total. The van der Waals surface area contributed by atoms with Gasteiger partial charge in [-0.05, 0) is 24.6 Å². The fourth-order valence-electron chi connectivity index (χ4n) is 1.39. The highest BCUT2D eigenvalue weighted by atomic mass is 35.5. The average molecular weight is 227 g/mol. The molecule has 78 valence electrons. The maximum absolute atomic E-state index is 13.5. The van der Waals surface area contributed by atoms with Crippen molar-refractivity contribution in [2.75, 3.05) is 0 Å². The van der Waals surface area contributed by atoms with E-state index < -0.39 is 17.9 Å². The second-order valence-corrected chi connectivity index (χ2v) is 3.75. The summed E-state index contributed by atoms with van der Waals surface area (Å²) in [6.45, 7) is 1.41. The molecular weight excluding hydrogens is 219 g/mol. The normalized spacial score (nSPS) is 20.7. The van der Waals surface area contributed by atoms with Crippen LogP contribution in [0.1, 0.15) is 18.6 Å². The standard InChI is InChI=1S/C11H8ClFO2/c1-6-9(13)10(15-11(6)14)7-2-4-8(12)5-3-7/h2-5,10H,1H3. The van der Waals surface area contributed by atoms with E-state index in [0.29, 0.717) is 10.6 Å². The van der Waals surface area contributed by atoms with Crippen LogP contribution in [0.2, 0.25) is 5.02 Å². The number of hydrogen-bond acceptors (Lipinski definition) is 2. The van der Waals surface area contributed by atoms with E-state index in [1.807, 2.05) is 0 Å². The highest BCUT2D eigenvalue weighted by Gasteiger charge is 2.32. The van der Waals surface area contributed by atoms with E-state index >= 15 is 0 Å². The molecule has 1 aromatic rings. The number of benzene rings is 1. The van der Waals surface area contributed by atoms with Gasteiger partial charge in [0, 0.05) is 5.02 Å². The third kappa shape index (κ3) is 1.75. The highest BCUT2D eigenvalue weighted by molar-refractivity contribution is 6.30. The minimum atomic E-state index is -0.908. The van der Waals surface area contributed by atoms with Gasteiger partial charge >= 0.3 is 5.97 Å². The lowest BCUT2D eigenvalue weighted by Gasteiger charge is -2.09. The van der Waals surface area contributed by atoms with Crippen LogP contribution in [0, 0.1) is 0 Å². The van der Waals surface area contributed by atoms with Crippen molar-refractivity contribution >= 4 is 17.6 Å². The first-order chi connectivity index (χ1) is 7.09. The molecule has 0 fully saturated rings. The first kappa shape index (κ1) is 10.2. The minimum Gasteiger partial charge on any atom is -0.447 e. The zero-order valence-corrected chi connectivity index (χ0v) is 8.72. The summed E-state index contributed by atoms with van der Waals surface area (Å²) >= 11 is 5.70. The number of esters is 1. The largest absolute Gasteiger partial charge is 0.447 e. The lowest BCUT2D eigenvalue weighted by Crippen LogP contribution is -2.01. The number of ether oxygens (including phenoxy) is 1. The molecule has 0 bridgehead atoms. The molecule has 1 atom stereocenters. The first-order valence-corrected chi connectivity index (χ1v) is 4.80. The third-order valence-corrected chi connectivity index (χ3v) is 2.54. The molecule has 0 N–H and O–H groups in total. The van der Waals surface area contributed by atoms with Crippen LogP contribution in [0.4, 0.5) is 4.39 Å². The Kier molecular flexibility index (Phi) is 2.49. The smallest absolute Gasteiger partial charge is 0.337 e. The van der Waals surface area contributed by atoms with Gasteiger partial charge in [0.2, 0.25) is 0 Å². The van der Waals surface area contributed by atoms with Crippen LogP contribution >= 0.6 is 11.6 Å². The van der Waals surface area contributed by atoms with Crippen molar-refractivity contribution in [2.24, 2.45) is 0 Å². The van der Waals surface area contributed by atoms with Crippen LogP contribution in [0.5, 0.6) is 0 Å². The van der Waals surface area contributed by atoms with Gasteiger partial charge in [0.25, 0.3) is 0 Å². The molecular formula is C11H8ClFO2. The molecule has 1 aromatic carbocycles. The number of cyclic esters (lactones) is 1. The van der Waals surface area contributed by atoms with Crippen molar-refractivity contribution in [1.29, 1.82) is 0 Å². The topological polar surface area (TPSA) is 26.3 Å². The molecule has 1 heterocycles. The van der Waals surface area contributed by atoms with Gasteiger partial charge in [-0.1, -0.05) is 23.7 Å². The summed E-state index contributed by atoms with van der Waals surface area (Å²) in [6.07, 6.45) is -0.908. The Morgan fingerprint density at radius 2 is 1.93 bits per heavy atom. The van der Waals surface area contributed by atoms with Crippen LogP contribution < -0.4 is 0 Å². The van der Waals surface area contributed by atoms with Crippen molar-refractivity contribution in [3.63, 3.8) is 0 Å². The van der Waals surface area contributed by atoms with Gasteiger partial charge in [-0.25, -0.2) is 9.18 Å². The molecule has 0 radical (unpaired) electrons. The molecule has 0 amide bonds. The van der Waals surface area contributed by atoms with Crippen LogP contribution in [-0.4, -0.2) is 5.97 Å². The quantitative estimate of drug-likeness (QED) is 0.688. The molecule has 0 spiro atoms. The summed E-state index contributed by atoms with van der Waals surface area (Å²) in [7, 11) is 0. The second-order valence-electron chi connectivity index (χ2n) is 3.31. The maximum atomic E-state index is 13.5. The van der Waals surface area contributed by atoms with Crippen molar-refractivity contribution in [1.82, 2.24) is 0 Å². The van der Waals surface area contributed by atoms with Gasteiger partial charge in [0.15, 0.2) is 11.9 Å². The number of carbonyl (C=O) groups is 1. The van der Waals surface area contributed by atoms with Gasteiger partial charge in [-0.3, -0.25) is 0 Å². The summed E-state index contributed by atoms with van der Waals surface area (Å²) in [5, 5.41) is 0.559. The Labute approximate surface area is 91.3 Å². The van der Waals surface area contributed by atoms with Crippen LogP contribution in [0.25, 0.3) is 0 Å². The predicted molar refractivity (Wildman–Crippen MR) is 54.1 cm³/mol. The summed E-state index contributed by atoms with van der Waals surface area (Å²) in [6, 6.07) is 6.54. The monoisotopic (exact) mass is 226 g/mol. The van der Waals surface area contributed by atoms with Crippen molar-refractivity contribution in [2.45, 2.75) is 13.0 Å². The lowest BCUT2D eigenvalue weighted by atomic mass is 10.1. The van der Waals surface area contributed by atoms with E-state index in [1.165, 1.54) is 6.92 Å². The van der Waals surface area contributed by atoms with E-state index in [4.69, 9.17) is 16.3 Å². The SMILES string of the molecule is CC1=C(F)C(c2ccc(Cl)cc2)OC1=O. The van der Waals surface area contributed by atoms with Crippen molar-refractivity contribution < 1.29 is 13.9 Å². The van der Waals surface area contributed by atoms with E-state index in [-0.39, 0.29) is 5.57 Å². The Balaban J connectivity index is 2.35. The molecule has 0 aromatic heterocycles. The van der Waals surface area contributed by atoms with Gasteiger partial charge < -0.3 is 4.74 Å². The minimum absolute atomic E-state index is 0.0370. The van der Waals surface area contributed by atoms with Crippen LogP contribution in [-0.2, 0) is 9.53 Å². The molecule has 4 heteroatoms. The average Bonchev–Trinajstić information content (AvgIpc) is 2.47. The first-order valence-electron chi connectivity index (χ1n) is 4.42. The summed E-state index contributed by atoms with van der Waals surface area (Å²) in [5.41, 5.74) is 0.622. The zero-order chi connectivity index (χ0) is 11.0. The third-order valence-electron chi connectivity index (χ3n) is 2.29. The Bertz CT molecular complexity index is 436. The fourth-order valence-corrected chi connectivity index (χ4v) is 1.52. The summed E-state index contributed by atoms with van der Waals surface area (Å²) < 4.78 is 18.4. The Morgan fingerprint density at radius 1 is 1.33 bits per heavy atom. The van der Waals surface area contributed by atoms with Gasteiger partial charge in [-0.2, -0.15) is 0 Å². The van der Waals surface area contributed by atoms with E-state index in [1.54, 1.807) is 24.3 Å². The van der Waals surface area contributed by atoms with E-state index in [0.717, 1.165) is 0 Å². The zero-order valence-electron chi connectivity index (χ0n) is 7.96. The number of rotatable bonds is 1. The Hall–Kier alpha value is -1.35. The fraction of sp³-hybridized carbons (Fsp3) is 0.182. The molecule has 1 unspecified atom stereocenters.